The number of hydrogen-bond acceptors (Lipinski definition) is 5. The fraction of sp³-hybridized carbons (Fsp3) is 0.150. The number of carbonyl (C=O) groups is 2. The van der Waals surface area contributed by atoms with Gasteiger partial charge in [0.2, 0.25) is 5.91 Å². The highest BCUT2D eigenvalue weighted by atomic mass is 32.2. The molecule has 0 bridgehead atoms. The molecule has 3 aromatic rings. The van der Waals surface area contributed by atoms with Gasteiger partial charge in [0.25, 0.3) is 0 Å². The summed E-state index contributed by atoms with van der Waals surface area (Å²) in [5.74, 6) is 0.422. The molecule has 0 saturated heterocycles. The SMILES string of the molecule is CNC(=O)NC(=O)CSc1cc(-c2ccccc2)c2ccc(OC)cc2n1. The minimum absolute atomic E-state index is 0.0874. The van der Waals surface area contributed by atoms with Gasteiger partial charge in [0.05, 0.1) is 23.4 Å². The molecular formula is C20H19N3O3S. The number of amides is 3. The quantitative estimate of drug-likeness (QED) is 0.662. The number of nitrogens with one attached hydrogen (secondary N) is 2. The lowest BCUT2D eigenvalue weighted by molar-refractivity contribution is -0.117. The van der Waals surface area contributed by atoms with E-state index >= 15 is 0 Å². The molecule has 1 aromatic heterocycles. The Morgan fingerprint density at radius 2 is 1.89 bits per heavy atom. The number of carbonyl (C=O) groups excluding carboxylic acids is 2. The minimum atomic E-state index is -0.526. The Hall–Kier alpha value is -3.06. The number of fused-ring (bicyclic) bond motifs is 1. The second-order valence-electron chi connectivity index (χ2n) is 5.67. The van der Waals surface area contributed by atoms with Crippen LogP contribution >= 0.6 is 11.8 Å². The van der Waals surface area contributed by atoms with Gasteiger partial charge in [0, 0.05) is 18.5 Å². The number of ether oxygens (including phenoxy) is 1. The maximum atomic E-state index is 11.9. The Bertz CT molecular complexity index is 977. The first-order valence-electron chi connectivity index (χ1n) is 8.29. The standard InChI is InChI=1S/C20H19N3O3S/c1-21-20(25)23-18(24)12-27-19-11-16(13-6-4-3-5-7-13)15-9-8-14(26-2)10-17(15)22-19/h3-11H,12H2,1-2H3,(H2,21,23,24,25). The summed E-state index contributed by atoms with van der Waals surface area (Å²) in [7, 11) is 3.07. The van der Waals surface area contributed by atoms with Crippen LogP contribution in [0.4, 0.5) is 4.79 Å². The van der Waals surface area contributed by atoms with Crippen LogP contribution in [-0.4, -0.2) is 36.8 Å². The molecule has 1 heterocycles. The third-order valence-corrected chi connectivity index (χ3v) is 4.82. The number of benzene rings is 2. The minimum Gasteiger partial charge on any atom is -0.497 e. The van der Waals surface area contributed by atoms with Crippen molar-refractivity contribution in [3.8, 4) is 16.9 Å². The predicted molar refractivity (Wildman–Crippen MR) is 107 cm³/mol. The van der Waals surface area contributed by atoms with Crippen LogP contribution in [0.3, 0.4) is 0 Å². The maximum Gasteiger partial charge on any atom is 0.321 e. The molecule has 3 rings (SSSR count). The van der Waals surface area contributed by atoms with E-state index in [0.29, 0.717) is 10.8 Å². The second kappa shape index (κ2) is 8.55. The van der Waals surface area contributed by atoms with Gasteiger partial charge in [-0.2, -0.15) is 0 Å². The van der Waals surface area contributed by atoms with E-state index < -0.39 is 6.03 Å². The number of aromatic nitrogens is 1. The molecule has 0 spiro atoms. The van der Waals surface area contributed by atoms with Crippen molar-refractivity contribution in [2.75, 3.05) is 19.9 Å². The van der Waals surface area contributed by atoms with E-state index in [0.717, 1.165) is 22.0 Å². The van der Waals surface area contributed by atoms with Gasteiger partial charge in [0.15, 0.2) is 0 Å². The fourth-order valence-electron chi connectivity index (χ4n) is 2.61. The molecule has 0 radical (unpaired) electrons. The van der Waals surface area contributed by atoms with Crippen molar-refractivity contribution in [1.82, 2.24) is 15.6 Å². The zero-order chi connectivity index (χ0) is 19.2. The Balaban J connectivity index is 1.95. The molecule has 0 aliphatic carbocycles. The highest BCUT2D eigenvalue weighted by Crippen LogP contribution is 2.33. The lowest BCUT2D eigenvalue weighted by Gasteiger charge is -2.11. The lowest BCUT2D eigenvalue weighted by atomic mass is 10.0. The molecule has 7 heteroatoms. The van der Waals surface area contributed by atoms with Crippen LogP contribution in [0.5, 0.6) is 5.75 Å². The number of rotatable bonds is 5. The smallest absolute Gasteiger partial charge is 0.321 e. The van der Waals surface area contributed by atoms with Gasteiger partial charge in [-0.05, 0) is 29.3 Å². The molecule has 6 nitrogen and oxygen atoms in total. The Kier molecular flexibility index (Phi) is 5.93. The summed E-state index contributed by atoms with van der Waals surface area (Å²) in [5.41, 5.74) is 2.87. The van der Waals surface area contributed by atoms with Crippen molar-refractivity contribution >= 4 is 34.6 Å². The predicted octanol–water partition coefficient (Wildman–Crippen LogP) is 3.46. The van der Waals surface area contributed by atoms with E-state index in [-0.39, 0.29) is 11.7 Å². The van der Waals surface area contributed by atoms with E-state index in [2.05, 4.69) is 15.6 Å². The largest absolute Gasteiger partial charge is 0.497 e. The van der Waals surface area contributed by atoms with Gasteiger partial charge in [-0.3, -0.25) is 10.1 Å². The molecular weight excluding hydrogens is 362 g/mol. The summed E-state index contributed by atoms with van der Waals surface area (Å²) in [6, 6.07) is 17.2. The Labute approximate surface area is 161 Å². The highest BCUT2D eigenvalue weighted by Gasteiger charge is 2.12. The number of thioether (sulfide) groups is 1. The molecule has 0 atom stereocenters. The number of hydrogen-bond donors (Lipinski definition) is 2. The summed E-state index contributed by atoms with van der Waals surface area (Å²) in [6.07, 6.45) is 0. The molecule has 3 amide bonds. The normalized spacial score (nSPS) is 10.4. The van der Waals surface area contributed by atoms with Gasteiger partial charge in [0.1, 0.15) is 5.75 Å². The second-order valence-corrected chi connectivity index (χ2v) is 6.67. The number of imide groups is 1. The van der Waals surface area contributed by atoms with Gasteiger partial charge in [-0.15, -0.1) is 0 Å². The van der Waals surface area contributed by atoms with E-state index in [1.165, 1.54) is 18.8 Å². The molecule has 0 fully saturated rings. The van der Waals surface area contributed by atoms with Crippen molar-refractivity contribution in [2.45, 2.75) is 5.03 Å². The van der Waals surface area contributed by atoms with Crippen molar-refractivity contribution in [2.24, 2.45) is 0 Å². The van der Waals surface area contributed by atoms with Crippen LogP contribution in [0.2, 0.25) is 0 Å². The number of urea groups is 1. The molecule has 2 aromatic carbocycles. The van der Waals surface area contributed by atoms with Gasteiger partial charge >= 0.3 is 6.03 Å². The first kappa shape index (κ1) is 18.7. The molecule has 0 unspecified atom stereocenters. The lowest BCUT2D eigenvalue weighted by Crippen LogP contribution is -2.38. The monoisotopic (exact) mass is 381 g/mol. The van der Waals surface area contributed by atoms with E-state index in [9.17, 15) is 9.59 Å². The summed E-state index contributed by atoms with van der Waals surface area (Å²) in [4.78, 5) is 27.7. The maximum absolute atomic E-state index is 11.9. The van der Waals surface area contributed by atoms with Gasteiger partial charge in [-0.1, -0.05) is 42.1 Å². The highest BCUT2D eigenvalue weighted by molar-refractivity contribution is 7.99. The summed E-state index contributed by atoms with van der Waals surface area (Å²) >= 11 is 1.27. The molecule has 27 heavy (non-hydrogen) atoms. The topological polar surface area (TPSA) is 80.3 Å². The van der Waals surface area contributed by atoms with Crippen LogP contribution in [0.25, 0.3) is 22.0 Å². The molecule has 138 valence electrons. The summed E-state index contributed by atoms with van der Waals surface area (Å²) in [6.45, 7) is 0. The summed E-state index contributed by atoms with van der Waals surface area (Å²) < 4.78 is 5.31. The van der Waals surface area contributed by atoms with Crippen LogP contribution in [0, 0.1) is 0 Å². The zero-order valence-electron chi connectivity index (χ0n) is 15.0. The average molecular weight is 381 g/mol. The van der Waals surface area contributed by atoms with Crippen LogP contribution in [-0.2, 0) is 4.79 Å². The summed E-state index contributed by atoms with van der Waals surface area (Å²) in [5, 5.41) is 6.29. The van der Waals surface area contributed by atoms with Crippen LogP contribution in [0.15, 0.2) is 59.6 Å². The van der Waals surface area contributed by atoms with Gasteiger partial charge < -0.3 is 10.1 Å². The van der Waals surface area contributed by atoms with Crippen molar-refractivity contribution < 1.29 is 14.3 Å². The van der Waals surface area contributed by atoms with E-state index in [4.69, 9.17) is 4.74 Å². The Morgan fingerprint density at radius 3 is 2.59 bits per heavy atom. The third-order valence-electron chi connectivity index (χ3n) is 3.91. The van der Waals surface area contributed by atoms with Crippen LogP contribution < -0.4 is 15.4 Å². The van der Waals surface area contributed by atoms with Crippen molar-refractivity contribution in [1.29, 1.82) is 0 Å². The van der Waals surface area contributed by atoms with Crippen molar-refractivity contribution in [3.05, 3.63) is 54.6 Å². The Morgan fingerprint density at radius 1 is 1.11 bits per heavy atom. The third kappa shape index (κ3) is 4.57. The zero-order valence-corrected chi connectivity index (χ0v) is 15.8. The number of pyridine rings is 1. The van der Waals surface area contributed by atoms with Crippen LogP contribution in [0.1, 0.15) is 0 Å². The fourth-order valence-corrected chi connectivity index (χ4v) is 3.32. The first-order chi connectivity index (χ1) is 13.1. The first-order valence-corrected chi connectivity index (χ1v) is 9.28. The number of methoxy groups -OCH3 is 1. The molecule has 0 aliphatic heterocycles. The average Bonchev–Trinajstić information content (AvgIpc) is 2.71. The van der Waals surface area contributed by atoms with E-state index in [1.807, 2.05) is 54.6 Å². The van der Waals surface area contributed by atoms with Gasteiger partial charge in [-0.25, -0.2) is 9.78 Å². The van der Waals surface area contributed by atoms with E-state index in [1.54, 1.807) is 7.11 Å². The molecule has 0 saturated carbocycles. The molecule has 2 N–H and O–H groups in total. The number of nitrogens with zero attached hydrogens (tertiary/aromatic N) is 1. The van der Waals surface area contributed by atoms with Crippen molar-refractivity contribution in [3.63, 3.8) is 0 Å². The molecule has 0 aliphatic rings.